The van der Waals surface area contributed by atoms with Crippen molar-refractivity contribution < 1.29 is 9.47 Å². The molecule has 0 spiro atoms. The molecule has 0 fully saturated rings. The van der Waals surface area contributed by atoms with Crippen LogP contribution in [0.1, 0.15) is 26.7 Å². The fraction of sp³-hybridized carbons (Fsp3) is 1.00. The van der Waals surface area contributed by atoms with Gasteiger partial charge in [0.15, 0.2) is 6.29 Å². The van der Waals surface area contributed by atoms with Crippen molar-refractivity contribution in [2.24, 2.45) is 5.29 Å². The van der Waals surface area contributed by atoms with E-state index in [4.69, 9.17) is 9.47 Å². The van der Waals surface area contributed by atoms with Crippen LogP contribution in [0.5, 0.6) is 0 Å². The first-order valence-electron chi connectivity index (χ1n) is 5.02. The Morgan fingerprint density at radius 3 is 2.29 bits per heavy atom. The predicted octanol–water partition coefficient (Wildman–Crippen LogP) is 1.78. The zero-order chi connectivity index (χ0) is 10.8. The first kappa shape index (κ1) is 13.3. The highest BCUT2D eigenvalue weighted by Crippen LogP contribution is 2.05. The van der Waals surface area contributed by atoms with E-state index in [1.807, 2.05) is 13.8 Å². The summed E-state index contributed by atoms with van der Waals surface area (Å²) < 4.78 is 10.7. The van der Waals surface area contributed by atoms with Gasteiger partial charge in [-0.05, 0) is 20.3 Å². The fourth-order valence-electron chi connectivity index (χ4n) is 1.11. The third kappa shape index (κ3) is 6.80. The van der Waals surface area contributed by atoms with E-state index in [0.717, 1.165) is 12.8 Å². The summed E-state index contributed by atoms with van der Waals surface area (Å²) in [4.78, 5) is 10.0. The lowest BCUT2D eigenvalue weighted by molar-refractivity contribution is -0.140. The average molecular weight is 204 g/mol. The Balaban J connectivity index is 3.53. The fourth-order valence-corrected chi connectivity index (χ4v) is 1.11. The molecule has 0 saturated heterocycles. The summed E-state index contributed by atoms with van der Waals surface area (Å²) in [6, 6.07) is 0. The molecule has 0 aromatic heterocycles. The molecule has 14 heavy (non-hydrogen) atoms. The summed E-state index contributed by atoms with van der Waals surface area (Å²) in [5, 5.41) is 4.15. The minimum Gasteiger partial charge on any atom is -0.353 e. The molecule has 0 aromatic carbocycles. The molecular weight excluding hydrogens is 184 g/mol. The Hall–Kier alpha value is -0.680. The van der Waals surface area contributed by atoms with E-state index in [2.05, 4.69) is 5.29 Å². The monoisotopic (exact) mass is 204 g/mol. The van der Waals surface area contributed by atoms with Gasteiger partial charge in [0, 0.05) is 33.2 Å². The van der Waals surface area contributed by atoms with Crippen LogP contribution in [0.2, 0.25) is 0 Å². The zero-order valence-corrected chi connectivity index (χ0v) is 9.23. The largest absolute Gasteiger partial charge is 0.353 e. The van der Waals surface area contributed by atoms with Crippen LogP contribution in [0.15, 0.2) is 5.29 Å². The highest BCUT2D eigenvalue weighted by molar-refractivity contribution is 4.50. The van der Waals surface area contributed by atoms with Crippen molar-refractivity contribution in [3.63, 3.8) is 0 Å². The van der Waals surface area contributed by atoms with Gasteiger partial charge < -0.3 is 9.47 Å². The standard InChI is InChI=1S/C9H20N2O3/c1-4-13-9(14-5-2)7-6-8-11(3)10-12/h9H,4-8H2,1-3H3. The molecule has 0 aliphatic heterocycles. The quantitative estimate of drug-likeness (QED) is 0.326. The summed E-state index contributed by atoms with van der Waals surface area (Å²) in [5.41, 5.74) is 0. The number of rotatable bonds is 9. The van der Waals surface area contributed by atoms with Crippen molar-refractivity contribution in [3.05, 3.63) is 4.91 Å². The maximum atomic E-state index is 10.0. The molecule has 0 radical (unpaired) electrons. The number of nitrogens with zero attached hydrogens (tertiary/aromatic N) is 2. The van der Waals surface area contributed by atoms with E-state index in [1.165, 1.54) is 5.01 Å². The lowest BCUT2D eigenvalue weighted by Crippen LogP contribution is -2.20. The first-order chi connectivity index (χ1) is 6.74. The topological polar surface area (TPSA) is 51.1 Å². The summed E-state index contributed by atoms with van der Waals surface area (Å²) in [7, 11) is 1.66. The van der Waals surface area contributed by atoms with Crippen LogP contribution in [0.4, 0.5) is 0 Å². The molecule has 0 saturated carbocycles. The molecule has 84 valence electrons. The summed E-state index contributed by atoms with van der Waals surface area (Å²) in [6.45, 7) is 5.80. The summed E-state index contributed by atoms with van der Waals surface area (Å²) in [5.74, 6) is 0. The van der Waals surface area contributed by atoms with Crippen molar-refractivity contribution >= 4 is 0 Å². The molecule has 0 heterocycles. The van der Waals surface area contributed by atoms with Gasteiger partial charge in [0.1, 0.15) is 0 Å². The van der Waals surface area contributed by atoms with Crippen LogP contribution in [-0.2, 0) is 9.47 Å². The maximum Gasteiger partial charge on any atom is 0.157 e. The summed E-state index contributed by atoms with van der Waals surface area (Å²) >= 11 is 0. The van der Waals surface area contributed by atoms with E-state index in [1.54, 1.807) is 7.05 Å². The molecule has 5 nitrogen and oxygen atoms in total. The van der Waals surface area contributed by atoms with Gasteiger partial charge in [0.2, 0.25) is 0 Å². The molecular formula is C9H20N2O3. The van der Waals surface area contributed by atoms with Gasteiger partial charge in [-0.15, -0.1) is 4.91 Å². The highest BCUT2D eigenvalue weighted by atomic mass is 16.7. The second-order valence-corrected chi connectivity index (χ2v) is 2.95. The lowest BCUT2D eigenvalue weighted by Gasteiger charge is -2.17. The van der Waals surface area contributed by atoms with Gasteiger partial charge in [-0.25, -0.2) is 0 Å². The van der Waals surface area contributed by atoms with Crippen molar-refractivity contribution in [2.75, 3.05) is 26.8 Å². The Morgan fingerprint density at radius 1 is 1.29 bits per heavy atom. The van der Waals surface area contributed by atoms with E-state index in [9.17, 15) is 4.91 Å². The lowest BCUT2D eigenvalue weighted by atomic mass is 10.3. The molecule has 0 rings (SSSR count). The molecule has 5 heteroatoms. The molecule has 0 amide bonds. The zero-order valence-electron chi connectivity index (χ0n) is 9.23. The molecule has 0 N–H and O–H groups in total. The Morgan fingerprint density at radius 2 is 1.86 bits per heavy atom. The van der Waals surface area contributed by atoms with Gasteiger partial charge in [-0.1, -0.05) is 0 Å². The minimum absolute atomic E-state index is 0.148. The van der Waals surface area contributed by atoms with E-state index in [0.29, 0.717) is 19.8 Å². The molecule has 0 aromatic rings. The molecule has 0 aliphatic rings. The Bertz CT molecular complexity index is 138. The van der Waals surface area contributed by atoms with Crippen LogP contribution in [0, 0.1) is 4.91 Å². The normalized spacial score (nSPS) is 10.6. The molecule has 0 bridgehead atoms. The van der Waals surface area contributed by atoms with Crippen molar-refractivity contribution in [2.45, 2.75) is 33.0 Å². The Labute approximate surface area is 85.3 Å². The smallest absolute Gasteiger partial charge is 0.157 e. The van der Waals surface area contributed by atoms with Gasteiger partial charge >= 0.3 is 0 Å². The van der Waals surface area contributed by atoms with Crippen LogP contribution >= 0.6 is 0 Å². The minimum atomic E-state index is -0.148. The predicted molar refractivity (Wildman–Crippen MR) is 54.7 cm³/mol. The van der Waals surface area contributed by atoms with E-state index >= 15 is 0 Å². The van der Waals surface area contributed by atoms with Crippen LogP contribution < -0.4 is 0 Å². The number of ether oxygens (including phenoxy) is 2. The van der Waals surface area contributed by atoms with Crippen molar-refractivity contribution in [1.82, 2.24) is 5.01 Å². The molecule has 0 aliphatic carbocycles. The first-order valence-corrected chi connectivity index (χ1v) is 5.02. The third-order valence-corrected chi connectivity index (χ3v) is 1.77. The van der Waals surface area contributed by atoms with Gasteiger partial charge in [0.05, 0.1) is 5.29 Å². The van der Waals surface area contributed by atoms with E-state index in [-0.39, 0.29) is 6.29 Å². The highest BCUT2D eigenvalue weighted by Gasteiger charge is 2.07. The third-order valence-electron chi connectivity index (χ3n) is 1.77. The van der Waals surface area contributed by atoms with Crippen molar-refractivity contribution in [1.29, 1.82) is 0 Å². The average Bonchev–Trinajstić information content (AvgIpc) is 2.18. The van der Waals surface area contributed by atoms with Crippen molar-refractivity contribution in [3.8, 4) is 0 Å². The number of nitroso groups, excluding NO2 is 1. The van der Waals surface area contributed by atoms with Crippen LogP contribution in [0.25, 0.3) is 0 Å². The van der Waals surface area contributed by atoms with E-state index < -0.39 is 0 Å². The second-order valence-electron chi connectivity index (χ2n) is 2.95. The van der Waals surface area contributed by atoms with Crippen LogP contribution in [0.3, 0.4) is 0 Å². The second kappa shape index (κ2) is 8.90. The van der Waals surface area contributed by atoms with Gasteiger partial charge in [-0.3, -0.25) is 5.01 Å². The number of hydrogen-bond acceptors (Lipinski definition) is 4. The molecule has 0 unspecified atom stereocenters. The Kier molecular flexibility index (Phi) is 8.47. The SMILES string of the molecule is CCOC(CCCN(C)N=O)OCC. The van der Waals surface area contributed by atoms with Gasteiger partial charge in [-0.2, -0.15) is 0 Å². The summed E-state index contributed by atoms with van der Waals surface area (Å²) in [6.07, 6.45) is 1.49. The van der Waals surface area contributed by atoms with Crippen LogP contribution in [-0.4, -0.2) is 38.1 Å². The maximum absolute atomic E-state index is 10.0. The molecule has 0 atom stereocenters. The number of hydrogen-bond donors (Lipinski definition) is 0. The van der Waals surface area contributed by atoms with Gasteiger partial charge in [0.25, 0.3) is 0 Å².